The molecule has 1 atom stereocenters. The summed E-state index contributed by atoms with van der Waals surface area (Å²) >= 11 is 0. The summed E-state index contributed by atoms with van der Waals surface area (Å²) in [5, 5.41) is 4.81. The normalized spacial score (nSPS) is 20.8. The first-order chi connectivity index (χ1) is 11.7. The van der Waals surface area contributed by atoms with E-state index in [9.17, 15) is 0 Å². The smallest absolute Gasteiger partial charge is 0.0746 e. The van der Waals surface area contributed by atoms with Crippen LogP contribution in [0, 0.1) is 12.8 Å². The van der Waals surface area contributed by atoms with Crippen molar-refractivity contribution >= 4 is 22.3 Å². The largest absolute Gasteiger partial charge is 0.385 e. The van der Waals surface area contributed by atoms with E-state index in [-0.39, 0.29) is 0 Å². The van der Waals surface area contributed by atoms with E-state index in [1.54, 1.807) is 7.11 Å². The second kappa shape index (κ2) is 6.60. The maximum absolute atomic E-state index is 5.43. The summed E-state index contributed by atoms with van der Waals surface area (Å²) in [7, 11) is 1.80. The first kappa shape index (κ1) is 15.7. The van der Waals surface area contributed by atoms with E-state index < -0.39 is 0 Å². The van der Waals surface area contributed by atoms with Crippen LogP contribution in [0.3, 0.4) is 0 Å². The fraction of sp³-hybridized carbons (Fsp3) is 0.550. The van der Waals surface area contributed by atoms with Crippen LogP contribution in [-0.2, 0) is 4.74 Å². The van der Waals surface area contributed by atoms with Gasteiger partial charge in [0.25, 0.3) is 0 Å². The Morgan fingerprint density at radius 2 is 2.12 bits per heavy atom. The van der Waals surface area contributed by atoms with E-state index in [0.29, 0.717) is 6.04 Å². The zero-order chi connectivity index (χ0) is 16.5. The Labute approximate surface area is 144 Å². The molecule has 1 aliphatic carbocycles. The molecule has 0 unspecified atom stereocenters. The molecule has 24 heavy (non-hydrogen) atoms. The van der Waals surface area contributed by atoms with Crippen molar-refractivity contribution in [3.05, 3.63) is 30.0 Å². The van der Waals surface area contributed by atoms with Crippen LogP contribution in [0.2, 0.25) is 0 Å². The molecule has 128 valence electrons. The summed E-state index contributed by atoms with van der Waals surface area (Å²) in [5.74, 6) is 0.876. The summed E-state index contributed by atoms with van der Waals surface area (Å²) in [6, 6.07) is 9.34. The molecule has 4 nitrogen and oxygen atoms in total. The van der Waals surface area contributed by atoms with Gasteiger partial charge < -0.3 is 15.0 Å². The van der Waals surface area contributed by atoms with Gasteiger partial charge in [-0.25, -0.2) is 0 Å². The van der Waals surface area contributed by atoms with Gasteiger partial charge in [0.15, 0.2) is 0 Å². The minimum absolute atomic E-state index is 0.479. The molecular formula is C20H27N3O. The quantitative estimate of drug-likeness (QED) is 0.872. The average molecular weight is 325 g/mol. The Balaban J connectivity index is 1.66. The number of anilines is 2. The lowest BCUT2D eigenvalue weighted by atomic mass is 10.1. The lowest BCUT2D eigenvalue weighted by Crippen LogP contribution is -2.33. The van der Waals surface area contributed by atoms with Crippen LogP contribution in [0.25, 0.3) is 10.9 Å². The lowest BCUT2D eigenvalue weighted by molar-refractivity contribution is 0.181. The predicted molar refractivity (Wildman–Crippen MR) is 99.9 cm³/mol. The fourth-order valence-corrected chi connectivity index (χ4v) is 3.79. The molecule has 1 aromatic carbocycles. The van der Waals surface area contributed by atoms with Crippen molar-refractivity contribution in [2.75, 3.05) is 37.0 Å². The van der Waals surface area contributed by atoms with Gasteiger partial charge in [-0.2, -0.15) is 0 Å². The molecule has 1 N–H and O–H groups in total. The second-order valence-electron chi connectivity index (χ2n) is 7.28. The van der Waals surface area contributed by atoms with Crippen LogP contribution in [0.15, 0.2) is 24.3 Å². The van der Waals surface area contributed by atoms with Crippen LogP contribution in [0.1, 0.15) is 31.4 Å². The topological polar surface area (TPSA) is 37.4 Å². The van der Waals surface area contributed by atoms with Gasteiger partial charge >= 0.3 is 0 Å². The van der Waals surface area contributed by atoms with Crippen molar-refractivity contribution in [2.45, 2.75) is 38.6 Å². The van der Waals surface area contributed by atoms with Gasteiger partial charge in [0, 0.05) is 42.7 Å². The number of nitrogens with one attached hydrogen (secondary N) is 1. The molecule has 4 rings (SSSR count). The number of ether oxygens (including phenoxy) is 1. The van der Waals surface area contributed by atoms with Crippen molar-refractivity contribution in [1.82, 2.24) is 4.98 Å². The minimum atomic E-state index is 0.479. The van der Waals surface area contributed by atoms with Crippen LogP contribution in [0.5, 0.6) is 0 Å². The van der Waals surface area contributed by atoms with E-state index in [2.05, 4.69) is 41.4 Å². The summed E-state index contributed by atoms with van der Waals surface area (Å²) in [5.41, 5.74) is 4.67. The molecule has 2 heterocycles. The third kappa shape index (κ3) is 3.20. The third-order valence-electron chi connectivity index (χ3n) is 5.25. The maximum Gasteiger partial charge on any atom is 0.0746 e. The second-order valence-corrected chi connectivity index (χ2v) is 7.28. The number of rotatable bonds is 6. The monoisotopic (exact) mass is 325 g/mol. The lowest BCUT2D eigenvalue weighted by Gasteiger charge is -2.28. The van der Waals surface area contributed by atoms with Crippen molar-refractivity contribution in [3.63, 3.8) is 0 Å². The van der Waals surface area contributed by atoms with E-state index in [4.69, 9.17) is 9.72 Å². The summed E-state index contributed by atoms with van der Waals surface area (Å²) in [6.07, 6.45) is 5.19. The molecule has 1 saturated heterocycles. The first-order valence-electron chi connectivity index (χ1n) is 9.15. The molecule has 0 spiro atoms. The van der Waals surface area contributed by atoms with E-state index in [1.165, 1.54) is 42.4 Å². The first-order valence-corrected chi connectivity index (χ1v) is 9.15. The molecular weight excluding hydrogens is 298 g/mol. The predicted octanol–water partition coefficient (Wildman–Crippen LogP) is 3.98. The third-order valence-corrected chi connectivity index (χ3v) is 5.25. The van der Waals surface area contributed by atoms with Crippen LogP contribution in [-0.4, -0.2) is 37.8 Å². The van der Waals surface area contributed by atoms with Crippen LogP contribution >= 0.6 is 0 Å². The Hall–Kier alpha value is -1.81. The van der Waals surface area contributed by atoms with Gasteiger partial charge in [-0.1, -0.05) is 0 Å². The zero-order valence-corrected chi connectivity index (χ0v) is 14.7. The highest BCUT2D eigenvalue weighted by Crippen LogP contribution is 2.34. The highest BCUT2D eigenvalue weighted by molar-refractivity contribution is 5.94. The zero-order valence-electron chi connectivity index (χ0n) is 14.7. The molecule has 2 aromatic rings. The summed E-state index contributed by atoms with van der Waals surface area (Å²) in [4.78, 5) is 7.30. The molecule has 2 aliphatic rings. The minimum Gasteiger partial charge on any atom is -0.385 e. The highest BCUT2D eigenvalue weighted by Gasteiger charge is 2.26. The maximum atomic E-state index is 5.43. The molecule has 0 bridgehead atoms. The van der Waals surface area contributed by atoms with Gasteiger partial charge in [0.2, 0.25) is 0 Å². The SMILES string of the molecule is COC[C@H]1CCCN1c1cc(C)nc2cc(NCC3CC3)ccc12. The standard InChI is InChI=1S/C20H27N3O/c1-14-10-20(23-9-3-4-17(23)13-24-2)18-8-7-16(11-19(18)22-14)21-12-15-5-6-15/h7-8,10-11,15,17,21H,3-6,9,12-13H2,1-2H3/t17-/m1/s1. The molecule has 1 aliphatic heterocycles. The number of aryl methyl sites for hydroxylation is 1. The van der Waals surface area contributed by atoms with Gasteiger partial charge in [0.05, 0.1) is 18.2 Å². The molecule has 2 fully saturated rings. The molecule has 0 amide bonds. The number of methoxy groups -OCH3 is 1. The van der Waals surface area contributed by atoms with E-state index >= 15 is 0 Å². The molecule has 4 heteroatoms. The van der Waals surface area contributed by atoms with Crippen molar-refractivity contribution in [3.8, 4) is 0 Å². The molecule has 1 aromatic heterocycles. The van der Waals surface area contributed by atoms with Crippen LogP contribution < -0.4 is 10.2 Å². The van der Waals surface area contributed by atoms with Gasteiger partial charge in [-0.05, 0) is 62.8 Å². The Bertz CT molecular complexity index is 726. The van der Waals surface area contributed by atoms with Crippen molar-refractivity contribution in [1.29, 1.82) is 0 Å². The number of aromatic nitrogens is 1. The van der Waals surface area contributed by atoms with Crippen molar-refractivity contribution < 1.29 is 4.74 Å². The van der Waals surface area contributed by atoms with E-state index in [0.717, 1.165) is 36.8 Å². The molecule has 1 saturated carbocycles. The Morgan fingerprint density at radius 1 is 1.25 bits per heavy atom. The van der Waals surface area contributed by atoms with E-state index in [1.807, 2.05) is 0 Å². The van der Waals surface area contributed by atoms with Gasteiger partial charge in [0.1, 0.15) is 0 Å². The van der Waals surface area contributed by atoms with Crippen molar-refractivity contribution in [2.24, 2.45) is 5.92 Å². The van der Waals surface area contributed by atoms with Gasteiger partial charge in [-0.3, -0.25) is 4.98 Å². The number of hydrogen-bond donors (Lipinski definition) is 1. The number of fused-ring (bicyclic) bond motifs is 1. The number of pyridine rings is 1. The average Bonchev–Trinajstić information content (AvgIpc) is 3.30. The Morgan fingerprint density at radius 3 is 2.92 bits per heavy atom. The highest BCUT2D eigenvalue weighted by atomic mass is 16.5. The summed E-state index contributed by atoms with van der Waals surface area (Å²) in [6.45, 7) is 5.08. The number of benzene rings is 1. The van der Waals surface area contributed by atoms with Gasteiger partial charge in [-0.15, -0.1) is 0 Å². The van der Waals surface area contributed by atoms with Crippen LogP contribution in [0.4, 0.5) is 11.4 Å². The Kier molecular flexibility index (Phi) is 4.31. The summed E-state index contributed by atoms with van der Waals surface area (Å²) < 4.78 is 5.43. The fourth-order valence-electron chi connectivity index (χ4n) is 3.79. The molecule has 0 radical (unpaired) electrons. The number of nitrogens with zero attached hydrogens (tertiary/aromatic N) is 2. The number of hydrogen-bond acceptors (Lipinski definition) is 4.